The molecule has 0 aliphatic rings. The molecule has 0 radical (unpaired) electrons. The summed E-state index contributed by atoms with van der Waals surface area (Å²) >= 11 is 1.16. The summed E-state index contributed by atoms with van der Waals surface area (Å²) in [7, 11) is 0. The minimum absolute atomic E-state index is 0.00968. The Labute approximate surface area is 171 Å². The molecular formula is C19H20N6O3S. The van der Waals surface area contributed by atoms with Gasteiger partial charge in [-0.2, -0.15) is 4.68 Å². The number of aromatic nitrogens is 4. The molecule has 150 valence electrons. The first-order valence-corrected chi connectivity index (χ1v) is 9.79. The van der Waals surface area contributed by atoms with Crippen LogP contribution in [0.25, 0.3) is 5.69 Å². The summed E-state index contributed by atoms with van der Waals surface area (Å²) in [6, 6.07) is 8.91. The molecule has 0 atom stereocenters. The number of tetrazole rings is 1. The molecule has 2 aromatic carbocycles. The Kier molecular flexibility index (Phi) is 5.92. The van der Waals surface area contributed by atoms with E-state index in [1.807, 2.05) is 39.0 Å². The second kappa shape index (κ2) is 8.39. The average Bonchev–Trinajstić information content (AvgIpc) is 3.14. The largest absolute Gasteiger partial charge is 0.319 e. The number of benzene rings is 2. The van der Waals surface area contributed by atoms with E-state index in [0.29, 0.717) is 10.7 Å². The van der Waals surface area contributed by atoms with Crippen molar-refractivity contribution in [2.75, 3.05) is 11.1 Å². The molecule has 29 heavy (non-hydrogen) atoms. The van der Waals surface area contributed by atoms with E-state index in [4.69, 9.17) is 0 Å². The van der Waals surface area contributed by atoms with E-state index in [9.17, 15) is 14.9 Å². The summed E-state index contributed by atoms with van der Waals surface area (Å²) in [6.45, 7) is 7.60. The van der Waals surface area contributed by atoms with Gasteiger partial charge < -0.3 is 5.32 Å². The molecule has 0 saturated heterocycles. The van der Waals surface area contributed by atoms with Crippen LogP contribution < -0.4 is 5.32 Å². The lowest BCUT2D eigenvalue weighted by atomic mass is 10.1. The van der Waals surface area contributed by atoms with E-state index < -0.39 is 4.92 Å². The first-order chi connectivity index (χ1) is 13.8. The zero-order valence-electron chi connectivity index (χ0n) is 16.5. The second-order valence-electron chi connectivity index (χ2n) is 6.64. The fourth-order valence-corrected chi connectivity index (χ4v) is 3.40. The lowest BCUT2D eigenvalue weighted by molar-refractivity contribution is -0.384. The van der Waals surface area contributed by atoms with Crippen molar-refractivity contribution < 1.29 is 9.72 Å². The van der Waals surface area contributed by atoms with Gasteiger partial charge >= 0.3 is 0 Å². The molecule has 0 bridgehead atoms. The Bertz CT molecular complexity index is 1100. The van der Waals surface area contributed by atoms with E-state index in [-0.39, 0.29) is 23.0 Å². The van der Waals surface area contributed by atoms with E-state index in [2.05, 4.69) is 20.8 Å². The summed E-state index contributed by atoms with van der Waals surface area (Å²) < 4.78 is 1.56. The number of hydrogen-bond acceptors (Lipinski definition) is 7. The van der Waals surface area contributed by atoms with Crippen LogP contribution in [0.1, 0.15) is 22.3 Å². The first kappa shape index (κ1) is 20.5. The SMILES string of the molecule is Cc1ccc(-n2nnnc2SCC(=O)Nc2c([N+](=O)[O-])ccc(C)c2C)cc1C. The van der Waals surface area contributed by atoms with Crippen LogP contribution in [-0.4, -0.2) is 36.8 Å². The maximum atomic E-state index is 12.5. The smallest absolute Gasteiger partial charge is 0.293 e. The number of carbonyl (C=O) groups is 1. The quantitative estimate of drug-likeness (QED) is 0.374. The summed E-state index contributed by atoms with van der Waals surface area (Å²) in [6.07, 6.45) is 0. The van der Waals surface area contributed by atoms with Crippen LogP contribution in [-0.2, 0) is 4.79 Å². The van der Waals surface area contributed by atoms with Crippen LogP contribution in [0.3, 0.4) is 0 Å². The van der Waals surface area contributed by atoms with Crippen LogP contribution in [0.5, 0.6) is 0 Å². The Morgan fingerprint density at radius 2 is 1.86 bits per heavy atom. The Morgan fingerprint density at radius 3 is 2.55 bits per heavy atom. The Hall–Kier alpha value is -3.27. The predicted molar refractivity (Wildman–Crippen MR) is 111 cm³/mol. The minimum Gasteiger partial charge on any atom is -0.319 e. The molecular weight excluding hydrogens is 392 g/mol. The fourth-order valence-electron chi connectivity index (χ4n) is 2.71. The highest BCUT2D eigenvalue weighted by Crippen LogP contribution is 2.30. The van der Waals surface area contributed by atoms with E-state index in [1.54, 1.807) is 17.7 Å². The highest BCUT2D eigenvalue weighted by Gasteiger charge is 2.20. The van der Waals surface area contributed by atoms with Crippen LogP contribution in [0.4, 0.5) is 11.4 Å². The number of carbonyl (C=O) groups excluding carboxylic acids is 1. The minimum atomic E-state index is -0.504. The number of nitro groups is 1. The molecule has 0 unspecified atom stereocenters. The molecule has 9 nitrogen and oxygen atoms in total. The number of nitrogens with zero attached hydrogens (tertiary/aromatic N) is 5. The number of thioether (sulfide) groups is 1. The van der Waals surface area contributed by atoms with Crippen molar-refractivity contribution in [1.82, 2.24) is 20.2 Å². The van der Waals surface area contributed by atoms with Crippen LogP contribution >= 0.6 is 11.8 Å². The first-order valence-electron chi connectivity index (χ1n) is 8.81. The molecule has 1 aromatic heterocycles. The van der Waals surface area contributed by atoms with Crippen molar-refractivity contribution in [3.8, 4) is 5.69 Å². The molecule has 3 rings (SSSR count). The number of nitrogens with one attached hydrogen (secondary N) is 1. The van der Waals surface area contributed by atoms with E-state index >= 15 is 0 Å². The number of rotatable bonds is 6. The zero-order chi connectivity index (χ0) is 21.1. The van der Waals surface area contributed by atoms with Crippen molar-refractivity contribution in [2.45, 2.75) is 32.9 Å². The number of aryl methyl sites for hydroxylation is 3. The lowest BCUT2D eigenvalue weighted by Gasteiger charge is -2.11. The van der Waals surface area contributed by atoms with Gasteiger partial charge in [-0.15, -0.1) is 5.10 Å². The molecule has 0 spiro atoms. The van der Waals surface area contributed by atoms with Gasteiger partial charge in [0.05, 0.1) is 16.4 Å². The molecule has 0 aliphatic heterocycles. The summed E-state index contributed by atoms with van der Waals surface area (Å²) in [5.74, 6) is -0.364. The van der Waals surface area contributed by atoms with Gasteiger partial charge in [0.15, 0.2) is 0 Å². The molecule has 0 aliphatic carbocycles. The lowest BCUT2D eigenvalue weighted by Crippen LogP contribution is -2.17. The summed E-state index contributed by atoms with van der Waals surface area (Å²) in [5.41, 5.74) is 4.67. The number of nitro benzene ring substituents is 1. The normalized spacial score (nSPS) is 10.8. The molecule has 1 N–H and O–H groups in total. The standard InChI is InChI=1S/C19H20N6O3S/c1-11-5-7-15(9-13(11)3)24-19(21-22-23-24)29-10-17(26)20-18-14(4)12(2)6-8-16(18)25(27)28/h5-9H,10H2,1-4H3,(H,20,26). The van der Waals surface area contributed by atoms with Crippen molar-refractivity contribution in [3.63, 3.8) is 0 Å². The van der Waals surface area contributed by atoms with Crippen LogP contribution in [0.15, 0.2) is 35.5 Å². The highest BCUT2D eigenvalue weighted by molar-refractivity contribution is 7.99. The van der Waals surface area contributed by atoms with Crippen molar-refractivity contribution in [3.05, 3.63) is 62.7 Å². The van der Waals surface area contributed by atoms with Crippen LogP contribution in [0.2, 0.25) is 0 Å². The predicted octanol–water partition coefficient (Wildman–Crippen LogP) is 3.53. The average molecular weight is 412 g/mol. The monoisotopic (exact) mass is 412 g/mol. The van der Waals surface area contributed by atoms with Gasteiger partial charge in [-0.25, -0.2) is 0 Å². The molecule has 10 heteroatoms. The molecule has 1 amide bonds. The number of hydrogen-bond donors (Lipinski definition) is 1. The Morgan fingerprint density at radius 1 is 1.14 bits per heavy atom. The van der Waals surface area contributed by atoms with Gasteiger partial charge in [0, 0.05) is 6.07 Å². The van der Waals surface area contributed by atoms with Gasteiger partial charge in [0.2, 0.25) is 11.1 Å². The second-order valence-corrected chi connectivity index (χ2v) is 7.58. The van der Waals surface area contributed by atoms with E-state index in [0.717, 1.165) is 34.1 Å². The molecule has 1 heterocycles. The van der Waals surface area contributed by atoms with Gasteiger partial charge in [-0.05, 0) is 72.5 Å². The topological polar surface area (TPSA) is 116 Å². The Balaban J connectivity index is 1.75. The van der Waals surface area contributed by atoms with Crippen molar-refractivity contribution in [1.29, 1.82) is 0 Å². The van der Waals surface area contributed by atoms with Gasteiger partial charge in [-0.3, -0.25) is 14.9 Å². The van der Waals surface area contributed by atoms with Gasteiger partial charge in [0.1, 0.15) is 5.69 Å². The van der Waals surface area contributed by atoms with Crippen molar-refractivity contribution in [2.24, 2.45) is 0 Å². The number of amides is 1. The maximum absolute atomic E-state index is 12.5. The van der Waals surface area contributed by atoms with Gasteiger partial charge in [-0.1, -0.05) is 23.9 Å². The molecule has 0 saturated carbocycles. The van der Waals surface area contributed by atoms with Crippen LogP contribution in [0, 0.1) is 37.8 Å². The fraction of sp³-hybridized carbons (Fsp3) is 0.263. The zero-order valence-corrected chi connectivity index (χ0v) is 17.3. The van der Waals surface area contributed by atoms with Gasteiger partial charge in [0.25, 0.3) is 5.69 Å². The molecule has 3 aromatic rings. The third-order valence-electron chi connectivity index (χ3n) is 4.68. The summed E-state index contributed by atoms with van der Waals surface area (Å²) in [4.78, 5) is 23.2. The highest BCUT2D eigenvalue weighted by atomic mass is 32.2. The molecule has 0 fully saturated rings. The van der Waals surface area contributed by atoms with Crippen molar-refractivity contribution >= 4 is 29.0 Å². The summed E-state index contributed by atoms with van der Waals surface area (Å²) in [5, 5.41) is 26.1. The third kappa shape index (κ3) is 4.43. The third-order valence-corrected chi connectivity index (χ3v) is 5.60. The maximum Gasteiger partial charge on any atom is 0.293 e. The number of anilines is 1. The van der Waals surface area contributed by atoms with E-state index in [1.165, 1.54) is 6.07 Å².